The number of rotatable bonds is 6. The largest absolute Gasteiger partial charge is 0.470 e. The van der Waals surface area contributed by atoms with Crippen LogP contribution >= 0.6 is 0 Å². The van der Waals surface area contributed by atoms with Crippen LogP contribution in [-0.4, -0.2) is 61.5 Å². The predicted octanol–water partition coefficient (Wildman–Crippen LogP) is 3.60. The molecule has 4 heterocycles. The van der Waals surface area contributed by atoms with Crippen LogP contribution in [0.5, 0.6) is 5.88 Å². The molecule has 14 heteroatoms. The van der Waals surface area contributed by atoms with Crippen molar-refractivity contribution < 1.29 is 26.6 Å². The summed E-state index contributed by atoms with van der Waals surface area (Å²) in [6.45, 7) is 1.83. The van der Waals surface area contributed by atoms with E-state index in [1.807, 2.05) is 0 Å². The van der Waals surface area contributed by atoms with Gasteiger partial charge in [0.25, 0.3) is 6.43 Å². The molecule has 3 aromatic rings. The fraction of sp³-hybridized carbons (Fsp3) is 0.391. The maximum atomic E-state index is 15.1. The summed E-state index contributed by atoms with van der Waals surface area (Å²) in [5.41, 5.74) is 6.34. The number of nitrogens with two attached hydrogens (primary N) is 1. The van der Waals surface area contributed by atoms with Gasteiger partial charge in [-0.05, 0) is 38.0 Å². The van der Waals surface area contributed by atoms with E-state index in [0.29, 0.717) is 35.8 Å². The van der Waals surface area contributed by atoms with Crippen LogP contribution in [0.4, 0.5) is 13.2 Å². The molecule has 0 bridgehead atoms. The van der Waals surface area contributed by atoms with Gasteiger partial charge in [-0.1, -0.05) is 5.16 Å². The first-order valence-electron chi connectivity index (χ1n) is 11.5. The number of ether oxygens (including phenoxy) is 1. The van der Waals surface area contributed by atoms with Gasteiger partial charge in [0, 0.05) is 23.7 Å². The van der Waals surface area contributed by atoms with Crippen molar-refractivity contribution in [2.45, 2.75) is 31.7 Å². The molecule has 2 N–H and O–H groups in total. The van der Waals surface area contributed by atoms with Gasteiger partial charge in [-0.25, -0.2) is 36.7 Å². The summed E-state index contributed by atoms with van der Waals surface area (Å²) in [5.74, 6) is -0.183. The summed E-state index contributed by atoms with van der Waals surface area (Å²) < 4.78 is 69.7. The average Bonchev–Trinajstić information content (AvgIpc) is 3.26. The van der Waals surface area contributed by atoms with Crippen molar-refractivity contribution in [1.29, 1.82) is 0 Å². The zero-order chi connectivity index (χ0) is 26.2. The molecule has 0 saturated heterocycles. The van der Waals surface area contributed by atoms with Crippen LogP contribution in [0, 0.1) is 5.82 Å². The molecule has 0 amide bonds. The molecule has 37 heavy (non-hydrogen) atoms. The summed E-state index contributed by atoms with van der Waals surface area (Å²) in [6.07, 6.45) is 1.49. The third-order valence-electron chi connectivity index (χ3n) is 6.08. The van der Waals surface area contributed by atoms with Gasteiger partial charge in [-0.3, -0.25) is 4.31 Å². The minimum Gasteiger partial charge on any atom is -0.470 e. The Bertz CT molecular complexity index is 1450. The molecule has 5 rings (SSSR count). The summed E-state index contributed by atoms with van der Waals surface area (Å²) in [6, 6.07) is 5.96. The lowest BCUT2D eigenvalue weighted by molar-refractivity contribution is 0.0794. The van der Waals surface area contributed by atoms with Gasteiger partial charge in [0.15, 0.2) is 12.4 Å². The Morgan fingerprint density at radius 3 is 2.81 bits per heavy atom. The molecular weight excluding hydrogens is 511 g/mol. The number of aromatic nitrogens is 3. The van der Waals surface area contributed by atoms with Gasteiger partial charge in [0.2, 0.25) is 11.8 Å². The van der Waals surface area contributed by atoms with E-state index in [0.717, 1.165) is 12.8 Å². The van der Waals surface area contributed by atoms with E-state index in [1.165, 1.54) is 28.8 Å². The van der Waals surface area contributed by atoms with Crippen molar-refractivity contribution in [2.24, 2.45) is 15.1 Å². The Kier molecular flexibility index (Phi) is 6.52. The number of alkyl halides is 2. The summed E-state index contributed by atoms with van der Waals surface area (Å²) in [5, 5.41) is 3.99. The van der Waals surface area contributed by atoms with E-state index in [4.69, 9.17) is 15.0 Å². The lowest BCUT2D eigenvalue weighted by Gasteiger charge is -2.38. The highest BCUT2D eigenvalue weighted by molar-refractivity contribution is 7.92. The summed E-state index contributed by atoms with van der Waals surface area (Å²) in [4.78, 5) is 12.6. The molecule has 2 atom stereocenters. The molecular formula is C23H24F3N7O3S. The lowest BCUT2D eigenvalue weighted by atomic mass is 9.92. The summed E-state index contributed by atoms with van der Waals surface area (Å²) in [7, 11) is -2.88. The molecule has 2 aliphatic rings. The Labute approximate surface area is 211 Å². The van der Waals surface area contributed by atoms with Crippen molar-refractivity contribution in [1.82, 2.24) is 19.4 Å². The molecule has 0 spiro atoms. The van der Waals surface area contributed by atoms with Crippen LogP contribution in [0.25, 0.3) is 22.7 Å². The Hall–Kier alpha value is -3.68. The highest BCUT2D eigenvalue weighted by Gasteiger charge is 2.42. The number of hydrogen-bond donors (Lipinski definition) is 1. The SMILES string of the molecule is C[C@@]1(c2cc(-c3cc(-c4cnc(OCC(F)F)cn4)no3)ccc2F)CS2(=O)=NCCCCN2C(N)=N1. The quantitative estimate of drug-likeness (QED) is 0.510. The fourth-order valence-corrected chi connectivity index (χ4v) is 6.81. The number of halogens is 3. The second-order valence-electron chi connectivity index (χ2n) is 8.87. The number of nitrogens with zero attached hydrogens (tertiary/aromatic N) is 6. The number of aliphatic imine (C=N–C) groups is 1. The van der Waals surface area contributed by atoms with Gasteiger partial charge in [0.05, 0.1) is 24.7 Å². The molecule has 2 aliphatic heterocycles. The van der Waals surface area contributed by atoms with Crippen LogP contribution in [-0.2, 0) is 15.5 Å². The van der Waals surface area contributed by atoms with Gasteiger partial charge >= 0.3 is 0 Å². The first-order chi connectivity index (χ1) is 17.7. The Balaban J connectivity index is 1.45. The number of fused-ring (bicyclic) bond motifs is 1. The van der Waals surface area contributed by atoms with Crippen molar-refractivity contribution in [3.63, 3.8) is 0 Å². The molecule has 1 unspecified atom stereocenters. The topological polar surface area (TPSA) is 132 Å². The number of hydrogen-bond acceptors (Lipinski definition) is 9. The molecule has 0 fully saturated rings. The van der Waals surface area contributed by atoms with E-state index in [9.17, 15) is 13.0 Å². The van der Waals surface area contributed by atoms with Crippen LogP contribution in [0.1, 0.15) is 25.3 Å². The van der Waals surface area contributed by atoms with Crippen LogP contribution < -0.4 is 10.5 Å². The van der Waals surface area contributed by atoms with E-state index in [-0.39, 0.29) is 23.2 Å². The molecule has 10 nitrogen and oxygen atoms in total. The first-order valence-corrected chi connectivity index (χ1v) is 13.2. The van der Waals surface area contributed by atoms with E-state index >= 15 is 4.39 Å². The van der Waals surface area contributed by atoms with Gasteiger partial charge < -0.3 is 15.0 Å². The minimum absolute atomic E-state index is 0.00169. The number of guanidine groups is 1. The third-order valence-corrected chi connectivity index (χ3v) is 8.66. The first kappa shape index (κ1) is 25.0. The average molecular weight is 536 g/mol. The van der Waals surface area contributed by atoms with Crippen molar-refractivity contribution >= 4 is 15.9 Å². The normalized spacial score (nSPS) is 23.7. The highest BCUT2D eigenvalue weighted by Crippen LogP contribution is 2.37. The zero-order valence-corrected chi connectivity index (χ0v) is 20.6. The minimum atomic E-state index is -2.88. The van der Waals surface area contributed by atoms with E-state index < -0.39 is 34.3 Å². The Morgan fingerprint density at radius 2 is 2.05 bits per heavy atom. The van der Waals surface area contributed by atoms with Gasteiger partial charge in [0.1, 0.15) is 32.7 Å². The molecule has 0 radical (unpaired) electrons. The van der Waals surface area contributed by atoms with Crippen LogP contribution in [0.15, 0.2) is 50.5 Å². The van der Waals surface area contributed by atoms with Crippen molar-refractivity contribution in [3.05, 3.63) is 48.0 Å². The smallest absolute Gasteiger partial charge is 0.272 e. The standard InChI is InChI=1S/C23H24F3N7O3S/c1-23(13-37(34)30-6-2-3-7-33(37)22(27)31-23)15-8-14(4-5-16(15)24)19-9-17(32-36-19)18-10-29-21(11-28-18)35-12-20(25)26/h4-5,8-11,20H,2-3,6-7,12-13H2,1H3,(H2,27,31)/t23-,37?/m0/s1. The van der Waals surface area contributed by atoms with Crippen molar-refractivity contribution in [2.75, 3.05) is 25.4 Å². The van der Waals surface area contributed by atoms with E-state index in [2.05, 4.69) is 24.5 Å². The predicted molar refractivity (Wildman–Crippen MR) is 130 cm³/mol. The lowest BCUT2D eigenvalue weighted by Crippen LogP contribution is -2.52. The molecule has 2 aromatic heterocycles. The molecule has 196 valence electrons. The third kappa shape index (κ3) is 4.97. The second kappa shape index (κ2) is 9.65. The van der Waals surface area contributed by atoms with Crippen LogP contribution in [0.2, 0.25) is 0 Å². The van der Waals surface area contributed by atoms with Crippen molar-refractivity contribution in [3.8, 4) is 28.6 Å². The maximum Gasteiger partial charge on any atom is 0.272 e. The van der Waals surface area contributed by atoms with Gasteiger partial charge in [-0.2, -0.15) is 0 Å². The second-order valence-corrected chi connectivity index (χ2v) is 11.1. The Morgan fingerprint density at radius 1 is 1.22 bits per heavy atom. The fourth-order valence-electron chi connectivity index (χ4n) is 4.31. The van der Waals surface area contributed by atoms with Gasteiger partial charge in [-0.15, -0.1) is 0 Å². The van der Waals surface area contributed by atoms with E-state index in [1.54, 1.807) is 19.1 Å². The number of benzene rings is 1. The monoisotopic (exact) mass is 535 g/mol. The summed E-state index contributed by atoms with van der Waals surface area (Å²) >= 11 is 0. The zero-order valence-electron chi connectivity index (χ0n) is 19.8. The molecule has 0 aliphatic carbocycles. The van der Waals surface area contributed by atoms with Crippen LogP contribution in [0.3, 0.4) is 0 Å². The molecule has 1 aromatic carbocycles. The molecule has 0 saturated carbocycles. The maximum absolute atomic E-state index is 15.1. The highest BCUT2D eigenvalue weighted by atomic mass is 32.2.